The van der Waals surface area contributed by atoms with E-state index in [9.17, 15) is 9.59 Å². The summed E-state index contributed by atoms with van der Waals surface area (Å²) in [5.41, 5.74) is 3.44. The normalized spacial score (nSPS) is 15.9. The SMILES string of the molecule is [2H][C@H]1c2ccccc2CCN1c1ccccc1C=C(C(=O)OCC)C(=O)OCC. The first-order valence-electron chi connectivity index (χ1n) is 10.1. The second kappa shape index (κ2) is 9.22. The van der Waals surface area contributed by atoms with Crippen molar-refractivity contribution in [2.24, 2.45) is 0 Å². The maximum absolute atomic E-state index is 12.3. The summed E-state index contributed by atoms with van der Waals surface area (Å²) in [7, 11) is 0. The molecule has 0 N–H and O–H groups in total. The quantitative estimate of drug-likeness (QED) is 0.331. The van der Waals surface area contributed by atoms with Crippen LogP contribution in [0.2, 0.25) is 0 Å². The lowest BCUT2D eigenvalue weighted by molar-refractivity contribution is -0.146. The van der Waals surface area contributed by atoms with Crippen molar-refractivity contribution in [3.8, 4) is 0 Å². The summed E-state index contributed by atoms with van der Waals surface area (Å²) in [6.07, 6.45) is 2.32. The van der Waals surface area contributed by atoms with Gasteiger partial charge in [-0.15, -0.1) is 0 Å². The molecule has 146 valence electrons. The van der Waals surface area contributed by atoms with Gasteiger partial charge in [0, 0.05) is 18.8 Å². The van der Waals surface area contributed by atoms with Crippen molar-refractivity contribution in [1.29, 1.82) is 0 Å². The highest BCUT2D eigenvalue weighted by atomic mass is 16.6. The van der Waals surface area contributed by atoms with Gasteiger partial charge < -0.3 is 14.4 Å². The third kappa shape index (κ3) is 4.42. The van der Waals surface area contributed by atoms with Gasteiger partial charge in [-0.3, -0.25) is 0 Å². The van der Waals surface area contributed by atoms with Gasteiger partial charge >= 0.3 is 11.9 Å². The van der Waals surface area contributed by atoms with Crippen molar-refractivity contribution in [2.45, 2.75) is 26.8 Å². The first-order valence-corrected chi connectivity index (χ1v) is 9.48. The monoisotopic (exact) mass is 380 g/mol. The average Bonchev–Trinajstić information content (AvgIpc) is 2.73. The molecule has 1 heterocycles. The fourth-order valence-corrected chi connectivity index (χ4v) is 3.20. The number of anilines is 1. The number of rotatable bonds is 6. The molecule has 0 radical (unpaired) electrons. The van der Waals surface area contributed by atoms with E-state index in [4.69, 9.17) is 10.8 Å². The van der Waals surface area contributed by atoms with Crippen molar-refractivity contribution in [3.63, 3.8) is 0 Å². The molecule has 0 bridgehead atoms. The van der Waals surface area contributed by atoms with Crippen LogP contribution in [0.1, 0.15) is 31.9 Å². The van der Waals surface area contributed by atoms with Crippen LogP contribution in [-0.4, -0.2) is 31.7 Å². The minimum absolute atomic E-state index is 0.153. The average molecular weight is 380 g/mol. The first-order chi connectivity index (χ1) is 14.1. The Balaban J connectivity index is 2.01. The Morgan fingerprint density at radius 1 is 1.00 bits per heavy atom. The highest BCUT2D eigenvalue weighted by Crippen LogP contribution is 2.29. The van der Waals surface area contributed by atoms with Crippen molar-refractivity contribution in [2.75, 3.05) is 24.7 Å². The molecule has 2 aromatic rings. The van der Waals surface area contributed by atoms with Gasteiger partial charge in [0.25, 0.3) is 0 Å². The van der Waals surface area contributed by atoms with Gasteiger partial charge in [0.2, 0.25) is 0 Å². The van der Waals surface area contributed by atoms with E-state index in [-0.39, 0.29) is 18.8 Å². The van der Waals surface area contributed by atoms with E-state index in [0.29, 0.717) is 12.1 Å². The standard InChI is InChI=1S/C23H25NO4/c1-3-27-22(25)20(23(26)28-4-2)15-18-10-7-8-12-21(18)24-14-13-17-9-5-6-11-19(17)16-24/h5-12,15H,3-4,13-14,16H2,1-2H3/i16D/t16-/m0/s1. The molecule has 0 aliphatic carbocycles. The minimum Gasteiger partial charge on any atom is -0.462 e. The molecule has 5 heteroatoms. The molecule has 0 amide bonds. The van der Waals surface area contributed by atoms with Crippen LogP contribution < -0.4 is 4.90 Å². The molecular formula is C23H25NO4. The molecule has 2 aromatic carbocycles. The zero-order valence-electron chi connectivity index (χ0n) is 17.2. The number of carbonyl (C=O) groups is 2. The zero-order chi connectivity index (χ0) is 20.8. The Kier molecular flexibility index (Phi) is 6.02. The molecule has 1 aliphatic heterocycles. The number of carbonyl (C=O) groups excluding carboxylic acids is 2. The number of ether oxygens (including phenoxy) is 2. The predicted octanol–water partition coefficient (Wildman–Crippen LogP) is 3.76. The summed E-state index contributed by atoms with van der Waals surface area (Å²) in [5.74, 6) is -1.43. The van der Waals surface area contributed by atoms with Crippen LogP contribution in [0, 0.1) is 0 Å². The van der Waals surface area contributed by atoms with Crippen LogP contribution in [0.4, 0.5) is 5.69 Å². The third-order valence-corrected chi connectivity index (χ3v) is 4.51. The lowest BCUT2D eigenvalue weighted by Crippen LogP contribution is -2.30. The predicted molar refractivity (Wildman–Crippen MR) is 109 cm³/mol. The number of para-hydroxylation sites is 1. The van der Waals surface area contributed by atoms with E-state index in [2.05, 4.69) is 6.07 Å². The van der Waals surface area contributed by atoms with Crippen LogP contribution in [-0.2, 0) is 32.0 Å². The summed E-state index contributed by atoms with van der Waals surface area (Å²) in [6, 6.07) is 15.4. The second-order valence-corrected chi connectivity index (χ2v) is 6.33. The number of hydrogen-bond donors (Lipinski definition) is 0. The van der Waals surface area contributed by atoms with Crippen molar-refractivity contribution in [1.82, 2.24) is 0 Å². The van der Waals surface area contributed by atoms with E-state index in [0.717, 1.165) is 17.7 Å². The zero-order valence-corrected chi connectivity index (χ0v) is 16.2. The number of hydrogen-bond acceptors (Lipinski definition) is 5. The molecule has 1 atom stereocenters. The van der Waals surface area contributed by atoms with Crippen LogP contribution in [0.5, 0.6) is 0 Å². The Morgan fingerprint density at radius 3 is 2.29 bits per heavy atom. The van der Waals surface area contributed by atoms with Gasteiger partial charge in [-0.25, -0.2) is 9.59 Å². The highest BCUT2D eigenvalue weighted by Gasteiger charge is 2.23. The molecule has 0 spiro atoms. The first kappa shape index (κ1) is 18.3. The third-order valence-electron chi connectivity index (χ3n) is 4.51. The Hall–Kier alpha value is -3.08. The summed E-state index contributed by atoms with van der Waals surface area (Å²) in [6.45, 7) is 3.80. The van der Waals surface area contributed by atoms with Crippen LogP contribution >= 0.6 is 0 Å². The van der Waals surface area contributed by atoms with Gasteiger partial charge in [-0.2, -0.15) is 0 Å². The molecule has 5 nitrogen and oxygen atoms in total. The lowest BCUT2D eigenvalue weighted by Gasteiger charge is -2.32. The van der Waals surface area contributed by atoms with Gasteiger partial charge in [0.1, 0.15) is 5.57 Å². The second-order valence-electron chi connectivity index (χ2n) is 6.33. The lowest BCUT2D eigenvalue weighted by atomic mass is 9.98. The molecule has 0 saturated heterocycles. The molecule has 0 unspecified atom stereocenters. The van der Waals surface area contributed by atoms with Gasteiger partial charge in [-0.1, -0.05) is 42.5 Å². The Bertz CT molecular complexity index is 905. The van der Waals surface area contributed by atoms with Crippen molar-refractivity contribution < 1.29 is 20.4 Å². The number of esters is 2. The Labute approximate surface area is 167 Å². The molecule has 1 aliphatic rings. The van der Waals surface area contributed by atoms with Gasteiger partial charge in [-0.05, 0) is 49.1 Å². The van der Waals surface area contributed by atoms with E-state index >= 15 is 0 Å². The van der Waals surface area contributed by atoms with Crippen LogP contribution in [0.3, 0.4) is 0 Å². The maximum Gasteiger partial charge on any atom is 0.345 e. The van der Waals surface area contributed by atoms with Gasteiger partial charge in [0.05, 0.1) is 14.6 Å². The molecular weight excluding hydrogens is 354 g/mol. The summed E-state index contributed by atoms with van der Waals surface area (Å²) < 4.78 is 18.8. The molecule has 0 aromatic heterocycles. The maximum atomic E-state index is 12.3. The molecule has 0 fully saturated rings. The fourth-order valence-electron chi connectivity index (χ4n) is 3.20. The van der Waals surface area contributed by atoms with E-state index < -0.39 is 18.5 Å². The largest absolute Gasteiger partial charge is 0.462 e. The van der Waals surface area contributed by atoms with E-state index in [1.54, 1.807) is 13.8 Å². The summed E-state index contributed by atoms with van der Waals surface area (Å²) in [4.78, 5) is 26.6. The highest BCUT2D eigenvalue weighted by molar-refractivity contribution is 6.18. The smallest absolute Gasteiger partial charge is 0.345 e. The van der Waals surface area contributed by atoms with Gasteiger partial charge in [0.15, 0.2) is 0 Å². The Morgan fingerprint density at radius 2 is 1.61 bits per heavy atom. The fraction of sp³-hybridized carbons (Fsp3) is 0.304. The number of fused-ring (bicyclic) bond motifs is 1. The minimum atomic E-state index is -0.716. The number of nitrogens with zero attached hydrogens (tertiary/aromatic N) is 1. The van der Waals surface area contributed by atoms with Crippen molar-refractivity contribution in [3.05, 3.63) is 70.8 Å². The van der Waals surface area contributed by atoms with Crippen molar-refractivity contribution >= 4 is 23.7 Å². The number of benzene rings is 2. The molecule has 28 heavy (non-hydrogen) atoms. The summed E-state index contributed by atoms with van der Waals surface area (Å²) in [5, 5.41) is 0. The van der Waals surface area contributed by atoms with Crippen LogP contribution in [0.25, 0.3) is 6.08 Å². The topological polar surface area (TPSA) is 55.8 Å². The van der Waals surface area contributed by atoms with E-state index in [1.807, 2.05) is 47.4 Å². The molecule has 3 rings (SSSR count). The molecule has 0 saturated carbocycles. The van der Waals surface area contributed by atoms with E-state index in [1.165, 1.54) is 11.6 Å². The summed E-state index contributed by atoms with van der Waals surface area (Å²) >= 11 is 0. The van der Waals surface area contributed by atoms with Crippen LogP contribution in [0.15, 0.2) is 54.1 Å².